The van der Waals surface area contributed by atoms with Crippen molar-refractivity contribution in [3.8, 4) is 5.75 Å². The number of ether oxygens (including phenoxy) is 2. The minimum Gasteiger partial charge on any atom is -0.497 e. The number of carbonyl (C=O) groups excluding carboxylic acids is 1. The van der Waals surface area contributed by atoms with E-state index in [1.807, 2.05) is 6.92 Å². The molecule has 1 aliphatic rings. The maximum Gasteiger partial charge on any atom is 0.254 e. The van der Waals surface area contributed by atoms with Gasteiger partial charge in [0, 0.05) is 18.7 Å². The molecule has 0 saturated heterocycles. The number of hydrogen-bond donors (Lipinski definition) is 1. The summed E-state index contributed by atoms with van der Waals surface area (Å²) in [6.45, 7) is 2.62. The highest BCUT2D eigenvalue weighted by molar-refractivity contribution is 5.94. The Balaban J connectivity index is 1.90. The van der Waals surface area contributed by atoms with E-state index in [4.69, 9.17) is 9.47 Å². The van der Waals surface area contributed by atoms with E-state index in [-0.39, 0.29) is 23.6 Å². The van der Waals surface area contributed by atoms with Gasteiger partial charge in [-0.05, 0) is 31.9 Å². The Morgan fingerprint density at radius 2 is 2.21 bits per heavy atom. The summed E-state index contributed by atoms with van der Waals surface area (Å²) in [5.74, 6) is -0.563. The lowest BCUT2D eigenvalue weighted by atomic mass is 9.89. The van der Waals surface area contributed by atoms with Crippen LogP contribution in [-0.2, 0) is 4.74 Å². The predicted octanol–water partition coefficient (Wildman–Crippen LogP) is 2.13. The first-order valence-electron chi connectivity index (χ1n) is 6.40. The smallest absolute Gasteiger partial charge is 0.254 e. The van der Waals surface area contributed by atoms with Crippen molar-refractivity contribution < 1.29 is 18.7 Å². The summed E-state index contributed by atoms with van der Waals surface area (Å²) >= 11 is 0. The van der Waals surface area contributed by atoms with Crippen LogP contribution >= 0.6 is 0 Å². The summed E-state index contributed by atoms with van der Waals surface area (Å²) < 4.78 is 24.0. The molecule has 0 heterocycles. The van der Waals surface area contributed by atoms with Gasteiger partial charge in [0.25, 0.3) is 5.91 Å². The van der Waals surface area contributed by atoms with Crippen LogP contribution in [0.4, 0.5) is 4.39 Å². The van der Waals surface area contributed by atoms with Crippen molar-refractivity contribution in [1.82, 2.24) is 5.32 Å². The van der Waals surface area contributed by atoms with Crippen LogP contribution in [0.2, 0.25) is 0 Å². The highest BCUT2D eigenvalue weighted by Crippen LogP contribution is 2.24. The van der Waals surface area contributed by atoms with Crippen molar-refractivity contribution >= 4 is 5.91 Å². The molecule has 0 atom stereocenters. The maximum atomic E-state index is 13.7. The second-order valence-corrected chi connectivity index (χ2v) is 4.56. The Morgan fingerprint density at radius 1 is 1.47 bits per heavy atom. The molecular weight excluding hydrogens is 249 g/mol. The molecule has 104 valence electrons. The van der Waals surface area contributed by atoms with Crippen LogP contribution in [0.15, 0.2) is 18.2 Å². The monoisotopic (exact) mass is 267 g/mol. The van der Waals surface area contributed by atoms with E-state index in [1.54, 1.807) is 6.07 Å². The molecule has 5 heteroatoms. The average molecular weight is 267 g/mol. The van der Waals surface area contributed by atoms with Crippen molar-refractivity contribution in [1.29, 1.82) is 0 Å². The Hall–Kier alpha value is -1.62. The predicted molar refractivity (Wildman–Crippen MR) is 68.9 cm³/mol. The fourth-order valence-electron chi connectivity index (χ4n) is 2.13. The SMILES string of the molecule is CCOC1CC(NC(=O)c2ccc(OC)cc2F)C1. The summed E-state index contributed by atoms with van der Waals surface area (Å²) in [5, 5.41) is 2.80. The highest BCUT2D eigenvalue weighted by atomic mass is 19.1. The van der Waals surface area contributed by atoms with Gasteiger partial charge in [0.05, 0.1) is 18.8 Å². The topological polar surface area (TPSA) is 47.6 Å². The zero-order valence-electron chi connectivity index (χ0n) is 11.1. The van der Waals surface area contributed by atoms with Gasteiger partial charge in [-0.3, -0.25) is 4.79 Å². The largest absolute Gasteiger partial charge is 0.497 e. The van der Waals surface area contributed by atoms with Crippen molar-refractivity contribution in [3.63, 3.8) is 0 Å². The van der Waals surface area contributed by atoms with E-state index >= 15 is 0 Å². The first-order valence-corrected chi connectivity index (χ1v) is 6.40. The third-order valence-electron chi connectivity index (χ3n) is 3.25. The third-order valence-corrected chi connectivity index (χ3v) is 3.25. The van der Waals surface area contributed by atoms with Gasteiger partial charge in [0.2, 0.25) is 0 Å². The van der Waals surface area contributed by atoms with E-state index in [2.05, 4.69) is 5.32 Å². The summed E-state index contributed by atoms with van der Waals surface area (Å²) in [6, 6.07) is 4.29. The minimum absolute atomic E-state index is 0.0423. The number of amides is 1. The summed E-state index contributed by atoms with van der Waals surface area (Å²) in [6.07, 6.45) is 1.80. The molecule has 2 rings (SSSR count). The van der Waals surface area contributed by atoms with Gasteiger partial charge >= 0.3 is 0 Å². The van der Waals surface area contributed by atoms with E-state index in [0.29, 0.717) is 12.4 Å². The zero-order chi connectivity index (χ0) is 13.8. The fourth-order valence-corrected chi connectivity index (χ4v) is 2.13. The van der Waals surface area contributed by atoms with E-state index < -0.39 is 5.82 Å². The lowest BCUT2D eigenvalue weighted by Gasteiger charge is -2.35. The zero-order valence-corrected chi connectivity index (χ0v) is 11.1. The molecule has 1 aromatic rings. The molecule has 1 N–H and O–H groups in total. The Bertz CT molecular complexity index is 458. The van der Waals surface area contributed by atoms with Gasteiger partial charge in [0.1, 0.15) is 11.6 Å². The van der Waals surface area contributed by atoms with Gasteiger partial charge in [-0.25, -0.2) is 4.39 Å². The normalized spacial score (nSPS) is 21.6. The Kier molecular flexibility index (Phi) is 4.37. The van der Waals surface area contributed by atoms with Crippen molar-refractivity contribution in [3.05, 3.63) is 29.6 Å². The molecule has 0 bridgehead atoms. The van der Waals surface area contributed by atoms with Crippen LogP contribution in [0.1, 0.15) is 30.1 Å². The van der Waals surface area contributed by atoms with Crippen molar-refractivity contribution in [2.24, 2.45) is 0 Å². The Labute approximate surface area is 111 Å². The maximum absolute atomic E-state index is 13.7. The minimum atomic E-state index is -0.572. The number of hydrogen-bond acceptors (Lipinski definition) is 3. The lowest BCUT2D eigenvalue weighted by molar-refractivity contribution is -0.00865. The quantitative estimate of drug-likeness (QED) is 0.889. The first kappa shape index (κ1) is 13.8. The van der Waals surface area contributed by atoms with Crippen molar-refractivity contribution in [2.45, 2.75) is 31.9 Å². The average Bonchev–Trinajstić information content (AvgIpc) is 2.35. The molecule has 19 heavy (non-hydrogen) atoms. The van der Waals surface area contributed by atoms with E-state index in [0.717, 1.165) is 12.8 Å². The van der Waals surface area contributed by atoms with Gasteiger partial charge in [0.15, 0.2) is 0 Å². The van der Waals surface area contributed by atoms with Crippen LogP contribution < -0.4 is 10.1 Å². The van der Waals surface area contributed by atoms with Gasteiger partial charge in [-0.1, -0.05) is 0 Å². The van der Waals surface area contributed by atoms with Crippen LogP contribution in [0.3, 0.4) is 0 Å². The number of methoxy groups -OCH3 is 1. The second kappa shape index (κ2) is 6.02. The standard InChI is InChI=1S/C14H18FNO3/c1-3-19-11-6-9(7-11)16-14(17)12-5-4-10(18-2)8-13(12)15/h4-5,8-9,11H,3,6-7H2,1-2H3,(H,16,17). The summed E-state index contributed by atoms with van der Waals surface area (Å²) in [5.41, 5.74) is 0.0423. The third kappa shape index (κ3) is 3.23. The number of carbonyl (C=O) groups is 1. The van der Waals surface area contributed by atoms with E-state index in [9.17, 15) is 9.18 Å². The molecule has 1 aliphatic carbocycles. The molecule has 0 radical (unpaired) electrons. The van der Waals surface area contributed by atoms with E-state index in [1.165, 1.54) is 19.2 Å². The van der Waals surface area contributed by atoms with Crippen LogP contribution in [0, 0.1) is 5.82 Å². The molecule has 1 amide bonds. The second-order valence-electron chi connectivity index (χ2n) is 4.56. The molecule has 4 nitrogen and oxygen atoms in total. The number of benzene rings is 1. The summed E-state index contributed by atoms with van der Waals surface area (Å²) in [7, 11) is 1.46. The first-order chi connectivity index (χ1) is 9.13. The van der Waals surface area contributed by atoms with Gasteiger partial charge in [-0.2, -0.15) is 0 Å². The molecule has 1 fully saturated rings. The highest BCUT2D eigenvalue weighted by Gasteiger charge is 2.31. The summed E-state index contributed by atoms with van der Waals surface area (Å²) in [4.78, 5) is 11.9. The van der Waals surface area contributed by atoms with Gasteiger partial charge < -0.3 is 14.8 Å². The molecule has 0 spiro atoms. The number of nitrogens with one attached hydrogen (secondary N) is 1. The molecule has 0 unspecified atom stereocenters. The van der Waals surface area contributed by atoms with Crippen molar-refractivity contribution in [2.75, 3.05) is 13.7 Å². The van der Waals surface area contributed by atoms with Crippen LogP contribution in [0.25, 0.3) is 0 Å². The molecule has 1 aromatic carbocycles. The lowest BCUT2D eigenvalue weighted by Crippen LogP contribution is -2.48. The fraction of sp³-hybridized carbons (Fsp3) is 0.500. The van der Waals surface area contributed by atoms with Crippen LogP contribution in [-0.4, -0.2) is 31.8 Å². The van der Waals surface area contributed by atoms with Gasteiger partial charge in [-0.15, -0.1) is 0 Å². The van der Waals surface area contributed by atoms with Crippen LogP contribution in [0.5, 0.6) is 5.75 Å². The Morgan fingerprint density at radius 3 is 2.79 bits per heavy atom. The number of halogens is 1. The molecule has 0 aliphatic heterocycles. The molecular formula is C14H18FNO3. The molecule has 0 aromatic heterocycles. The molecule has 1 saturated carbocycles. The number of rotatable bonds is 5.